The van der Waals surface area contributed by atoms with E-state index in [2.05, 4.69) is 21.2 Å². The molecule has 3 N–H and O–H groups in total. The summed E-state index contributed by atoms with van der Waals surface area (Å²) in [6.07, 6.45) is 0. The van der Waals surface area contributed by atoms with Gasteiger partial charge in [0, 0.05) is 17.1 Å². The van der Waals surface area contributed by atoms with Gasteiger partial charge in [0.1, 0.15) is 5.75 Å². The first kappa shape index (κ1) is 13.0. The second-order valence-corrected chi connectivity index (χ2v) is 4.37. The highest BCUT2D eigenvalue weighted by Crippen LogP contribution is 2.23. The van der Waals surface area contributed by atoms with Gasteiger partial charge in [-0.15, -0.1) is 0 Å². The molecule has 1 aromatic carbocycles. The van der Waals surface area contributed by atoms with Gasteiger partial charge < -0.3 is 15.8 Å². The Morgan fingerprint density at radius 1 is 1.62 bits per heavy atom. The molecule has 0 heterocycles. The van der Waals surface area contributed by atoms with E-state index in [4.69, 9.17) is 10.5 Å². The second-order valence-electron chi connectivity index (χ2n) is 3.45. The highest BCUT2D eigenvalue weighted by atomic mass is 79.9. The van der Waals surface area contributed by atoms with Crippen molar-refractivity contribution in [2.24, 2.45) is 5.73 Å². The molecular weight excluding hydrogens is 272 g/mol. The van der Waals surface area contributed by atoms with Crippen molar-refractivity contribution in [3.05, 3.63) is 28.2 Å². The normalized spacial score (nSPS) is 12.0. The van der Waals surface area contributed by atoms with Crippen LogP contribution in [0.25, 0.3) is 0 Å². The average Bonchev–Trinajstić information content (AvgIpc) is 2.28. The molecule has 1 rings (SSSR count). The zero-order chi connectivity index (χ0) is 12.1. The lowest BCUT2D eigenvalue weighted by Gasteiger charge is -2.13. The lowest BCUT2D eigenvalue weighted by Crippen LogP contribution is -2.37. The maximum absolute atomic E-state index is 11.8. The van der Waals surface area contributed by atoms with E-state index in [-0.39, 0.29) is 11.9 Å². The standard InChI is InChI=1S/C11H15BrN2O2/c1-7(6-13)14-11(15)9-4-3-8(12)5-10(9)16-2/h3-5,7H,6,13H2,1-2H3,(H,14,15). The number of rotatable bonds is 4. The number of hydrogen-bond donors (Lipinski definition) is 2. The molecule has 0 saturated heterocycles. The van der Waals surface area contributed by atoms with Crippen LogP contribution in [0.15, 0.2) is 22.7 Å². The summed E-state index contributed by atoms with van der Waals surface area (Å²) < 4.78 is 6.01. The maximum atomic E-state index is 11.8. The molecule has 0 radical (unpaired) electrons. The molecule has 88 valence electrons. The predicted octanol–water partition coefficient (Wildman–Crippen LogP) is 1.53. The first-order valence-electron chi connectivity index (χ1n) is 4.93. The Balaban J connectivity index is 2.90. The van der Waals surface area contributed by atoms with Gasteiger partial charge in [0.2, 0.25) is 0 Å². The van der Waals surface area contributed by atoms with E-state index >= 15 is 0 Å². The van der Waals surface area contributed by atoms with Crippen molar-refractivity contribution < 1.29 is 9.53 Å². The first-order chi connectivity index (χ1) is 7.58. The summed E-state index contributed by atoms with van der Waals surface area (Å²) in [5, 5.41) is 2.78. The molecule has 0 saturated carbocycles. The van der Waals surface area contributed by atoms with E-state index in [0.717, 1.165) is 4.47 Å². The van der Waals surface area contributed by atoms with Crippen molar-refractivity contribution >= 4 is 21.8 Å². The Morgan fingerprint density at radius 3 is 2.88 bits per heavy atom. The van der Waals surface area contributed by atoms with Gasteiger partial charge in [-0.25, -0.2) is 0 Å². The number of methoxy groups -OCH3 is 1. The zero-order valence-electron chi connectivity index (χ0n) is 9.29. The van der Waals surface area contributed by atoms with Crippen molar-refractivity contribution in [2.75, 3.05) is 13.7 Å². The molecular formula is C11H15BrN2O2. The summed E-state index contributed by atoms with van der Waals surface area (Å²) in [7, 11) is 1.53. The Bertz CT molecular complexity index is 382. The fourth-order valence-corrected chi connectivity index (χ4v) is 1.55. The van der Waals surface area contributed by atoms with Crippen LogP contribution in [0.3, 0.4) is 0 Å². The molecule has 0 aliphatic heterocycles. The third-order valence-corrected chi connectivity index (χ3v) is 2.63. The lowest BCUT2D eigenvalue weighted by atomic mass is 10.1. The number of carbonyl (C=O) groups excluding carboxylic acids is 1. The van der Waals surface area contributed by atoms with Gasteiger partial charge in [0.25, 0.3) is 5.91 Å². The molecule has 1 atom stereocenters. The number of nitrogens with one attached hydrogen (secondary N) is 1. The molecule has 1 aromatic rings. The molecule has 16 heavy (non-hydrogen) atoms. The molecule has 0 aromatic heterocycles. The lowest BCUT2D eigenvalue weighted by molar-refractivity contribution is 0.0938. The zero-order valence-corrected chi connectivity index (χ0v) is 10.9. The van der Waals surface area contributed by atoms with Crippen molar-refractivity contribution in [3.8, 4) is 5.75 Å². The van der Waals surface area contributed by atoms with Crippen molar-refractivity contribution in [2.45, 2.75) is 13.0 Å². The van der Waals surface area contributed by atoms with Gasteiger partial charge in [0.05, 0.1) is 12.7 Å². The minimum atomic E-state index is -0.178. The quantitative estimate of drug-likeness (QED) is 0.882. The maximum Gasteiger partial charge on any atom is 0.255 e. The van der Waals surface area contributed by atoms with E-state index in [1.165, 1.54) is 7.11 Å². The van der Waals surface area contributed by atoms with Crippen LogP contribution in [0, 0.1) is 0 Å². The number of benzene rings is 1. The minimum absolute atomic E-state index is 0.0548. The fraction of sp³-hybridized carbons (Fsp3) is 0.364. The monoisotopic (exact) mass is 286 g/mol. The minimum Gasteiger partial charge on any atom is -0.496 e. The fourth-order valence-electron chi connectivity index (χ4n) is 1.21. The van der Waals surface area contributed by atoms with E-state index in [9.17, 15) is 4.79 Å². The molecule has 0 aliphatic carbocycles. The number of carbonyl (C=O) groups is 1. The van der Waals surface area contributed by atoms with Crippen LogP contribution in [-0.4, -0.2) is 25.6 Å². The van der Waals surface area contributed by atoms with E-state index in [0.29, 0.717) is 17.9 Å². The molecule has 0 spiro atoms. The highest BCUT2D eigenvalue weighted by Gasteiger charge is 2.13. The van der Waals surface area contributed by atoms with Gasteiger partial charge in [-0.2, -0.15) is 0 Å². The number of nitrogens with two attached hydrogens (primary N) is 1. The van der Waals surface area contributed by atoms with Crippen LogP contribution in [0.4, 0.5) is 0 Å². The summed E-state index contributed by atoms with van der Waals surface area (Å²) in [4.78, 5) is 11.8. The summed E-state index contributed by atoms with van der Waals surface area (Å²) in [6, 6.07) is 5.20. The van der Waals surface area contributed by atoms with Crippen LogP contribution in [0.1, 0.15) is 17.3 Å². The molecule has 5 heteroatoms. The summed E-state index contributed by atoms with van der Waals surface area (Å²) in [6.45, 7) is 2.26. The van der Waals surface area contributed by atoms with Gasteiger partial charge in [-0.1, -0.05) is 15.9 Å². The molecule has 0 fully saturated rings. The van der Waals surface area contributed by atoms with Crippen molar-refractivity contribution in [1.82, 2.24) is 5.32 Å². The predicted molar refractivity (Wildman–Crippen MR) is 66.7 cm³/mol. The Kier molecular flexibility index (Phi) is 4.76. The van der Waals surface area contributed by atoms with Crippen LogP contribution in [0.5, 0.6) is 5.75 Å². The van der Waals surface area contributed by atoms with Gasteiger partial charge in [-0.05, 0) is 25.1 Å². The number of hydrogen-bond acceptors (Lipinski definition) is 3. The smallest absolute Gasteiger partial charge is 0.255 e. The van der Waals surface area contributed by atoms with Crippen LogP contribution in [-0.2, 0) is 0 Å². The molecule has 1 unspecified atom stereocenters. The largest absolute Gasteiger partial charge is 0.496 e. The van der Waals surface area contributed by atoms with Gasteiger partial charge in [0.15, 0.2) is 0 Å². The molecule has 1 amide bonds. The highest BCUT2D eigenvalue weighted by molar-refractivity contribution is 9.10. The number of amides is 1. The Hall–Kier alpha value is -1.07. The third kappa shape index (κ3) is 3.21. The first-order valence-corrected chi connectivity index (χ1v) is 5.72. The van der Waals surface area contributed by atoms with Crippen molar-refractivity contribution in [1.29, 1.82) is 0 Å². The number of halogens is 1. The SMILES string of the molecule is COc1cc(Br)ccc1C(=O)NC(C)CN. The van der Waals surface area contributed by atoms with E-state index in [1.54, 1.807) is 18.2 Å². The van der Waals surface area contributed by atoms with Crippen molar-refractivity contribution in [3.63, 3.8) is 0 Å². The van der Waals surface area contributed by atoms with Crippen LogP contribution >= 0.6 is 15.9 Å². The Morgan fingerprint density at radius 2 is 2.31 bits per heavy atom. The van der Waals surface area contributed by atoms with Crippen LogP contribution < -0.4 is 15.8 Å². The molecule has 4 nitrogen and oxygen atoms in total. The topological polar surface area (TPSA) is 64.3 Å². The summed E-state index contributed by atoms with van der Waals surface area (Å²) in [5.74, 6) is 0.360. The molecule has 0 aliphatic rings. The summed E-state index contributed by atoms with van der Waals surface area (Å²) in [5.41, 5.74) is 5.95. The van der Waals surface area contributed by atoms with Gasteiger partial charge >= 0.3 is 0 Å². The van der Waals surface area contributed by atoms with Gasteiger partial charge in [-0.3, -0.25) is 4.79 Å². The summed E-state index contributed by atoms with van der Waals surface area (Å²) >= 11 is 3.32. The number of ether oxygens (including phenoxy) is 1. The molecule has 0 bridgehead atoms. The van der Waals surface area contributed by atoms with Crippen LogP contribution in [0.2, 0.25) is 0 Å². The third-order valence-electron chi connectivity index (χ3n) is 2.14. The average molecular weight is 287 g/mol. The van der Waals surface area contributed by atoms with E-state index in [1.807, 2.05) is 6.92 Å². The van der Waals surface area contributed by atoms with E-state index < -0.39 is 0 Å². The Labute approximate surface area is 103 Å². The second kappa shape index (κ2) is 5.86.